The molecular weight excluding hydrogens is 219 g/mol. The molecule has 86 valence electrons. The molecule has 0 saturated carbocycles. The number of nitrogens with zero attached hydrogens (tertiary/aromatic N) is 1. The third-order valence-electron chi connectivity index (χ3n) is 1.70. The van der Waals surface area contributed by atoms with Crippen LogP contribution >= 0.6 is 0 Å². The van der Waals surface area contributed by atoms with E-state index in [0.717, 1.165) is 0 Å². The van der Waals surface area contributed by atoms with Crippen molar-refractivity contribution in [2.45, 2.75) is 18.9 Å². The highest BCUT2D eigenvalue weighted by atomic mass is 32.2. The summed E-state index contributed by atoms with van der Waals surface area (Å²) in [5.41, 5.74) is -5.14. The minimum absolute atomic E-state index is 0.168. The van der Waals surface area contributed by atoms with Crippen LogP contribution < -0.4 is 0 Å². The van der Waals surface area contributed by atoms with E-state index < -0.39 is 21.2 Å². The molecule has 0 atom stereocenters. The molecule has 0 aliphatic heterocycles. The van der Waals surface area contributed by atoms with Crippen LogP contribution in [0.25, 0.3) is 0 Å². The molecule has 0 N–H and O–H groups in total. The lowest BCUT2D eigenvalue weighted by atomic mass is 10.4. The first kappa shape index (κ1) is 13.7. The summed E-state index contributed by atoms with van der Waals surface area (Å²) in [6.07, 6.45) is 0.639. The fourth-order valence-corrected chi connectivity index (χ4v) is 2.40. The zero-order valence-electron chi connectivity index (χ0n) is 8.43. The molecule has 0 aliphatic rings. The molecular formula is C7H15F3NO2S+. The maximum atomic E-state index is 12.0. The first-order valence-corrected chi connectivity index (χ1v) is 5.78. The van der Waals surface area contributed by atoms with Crippen LogP contribution in [0.4, 0.5) is 13.2 Å². The van der Waals surface area contributed by atoms with Crippen LogP contribution in [0, 0.1) is 0 Å². The lowest BCUT2D eigenvalue weighted by Gasteiger charge is -2.28. The van der Waals surface area contributed by atoms with Crippen LogP contribution in [-0.4, -0.2) is 44.9 Å². The molecule has 0 aromatic rings. The highest BCUT2D eigenvalue weighted by Gasteiger charge is 2.49. The standard InChI is InChI=1S/C7H15F3NO2S/c1-4-5-11(2,3)6-14(12,13)7(8,9)10/h4-6H2,1-3H3/q+1. The van der Waals surface area contributed by atoms with E-state index in [0.29, 0.717) is 13.0 Å². The normalized spacial score (nSPS) is 14.4. The molecule has 7 heteroatoms. The molecule has 0 radical (unpaired) electrons. The predicted octanol–water partition coefficient (Wildman–Crippen LogP) is 1.36. The third kappa shape index (κ3) is 3.83. The molecule has 0 aromatic heterocycles. The second-order valence-electron chi connectivity index (χ2n) is 3.85. The minimum atomic E-state index is -5.14. The van der Waals surface area contributed by atoms with E-state index in [1.165, 1.54) is 14.1 Å². The van der Waals surface area contributed by atoms with Gasteiger partial charge in [-0.15, -0.1) is 0 Å². The van der Waals surface area contributed by atoms with E-state index in [4.69, 9.17) is 0 Å². The minimum Gasteiger partial charge on any atom is -0.316 e. The maximum absolute atomic E-state index is 12.0. The number of alkyl halides is 3. The van der Waals surface area contributed by atoms with E-state index in [-0.39, 0.29) is 4.48 Å². The lowest BCUT2D eigenvalue weighted by molar-refractivity contribution is -0.878. The molecule has 0 heterocycles. The predicted molar refractivity (Wildman–Crippen MR) is 47.1 cm³/mol. The molecule has 3 nitrogen and oxygen atoms in total. The summed E-state index contributed by atoms with van der Waals surface area (Å²) in [4.78, 5) is 0. The summed E-state index contributed by atoms with van der Waals surface area (Å²) in [6, 6.07) is 0. The molecule has 0 rings (SSSR count). The van der Waals surface area contributed by atoms with Gasteiger partial charge in [-0.25, -0.2) is 8.42 Å². The van der Waals surface area contributed by atoms with E-state index in [1.54, 1.807) is 6.92 Å². The molecule has 0 bridgehead atoms. The number of hydrogen-bond donors (Lipinski definition) is 0. The van der Waals surface area contributed by atoms with E-state index in [2.05, 4.69) is 0 Å². The molecule has 0 unspecified atom stereocenters. The van der Waals surface area contributed by atoms with Crippen LogP contribution in [0.3, 0.4) is 0 Å². The SMILES string of the molecule is CCC[N+](C)(C)CS(=O)(=O)C(F)(F)F. The zero-order chi connectivity index (χ0) is 11.6. The van der Waals surface area contributed by atoms with Crippen molar-refractivity contribution in [1.82, 2.24) is 0 Å². The Morgan fingerprint density at radius 3 is 1.93 bits per heavy atom. The van der Waals surface area contributed by atoms with Crippen molar-refractivity contribution in [3.63, 3.8) is 0 Å². The second-order valence-corrected chi connectivity index (χ2v) is 5.80. The third-order valence-corrected chi connectivity index (χ3v) is 3.45. The Morgan fingerprint density at radius 2 is 1.64 bits per heavy atom. The van der Waals surface area contributed by atoms with Gasteiger partial charge in [-0.2, -0.15) is 13.2 Å². The van der Waals surface area contributed by atoms with E-state index in [9.17, 15) is 21.6 Å². The van der Waals surface area contributed by atoms with Gasteiger partial charge in [0.25, 0.3) is 9.84 Å². The van der Waals surface area contributed by atoms with Gasteiger partial charge in [-0.05, 0) is 6.42 Å². The summed E-state index contributed by atoms with van der Waals surface area (Å²) in [5.74, 6) is -0.898. The number of halogens is 3. The van der Waals surface area contributed by atoms with Gasteiger partial charge in [0.05, 0.1) is 20.6 Å². The Labute approximate surface area is 82.0 Å². The largest absolute Gasteiger partial charge is 0.502 e. The molecule has 0 amide bonds. The van der Waals surface area contributed by atoms with Crippen molar-refractivity contribution in [3.8, 4) is 0 Å². The maximum Gasteiger partial charge on any atom is 0.502 e. The molecule has 0 spiro atoms. The van der Waals surface area contributed by atoms with Gasteiger partial charge in [-0.1, -0.05) is 6.92 Å². The quantitative estimate of drug-likeness (QED) is 0.688. The van der Waals surface area contributed by atoms with Gasteiger partial charge in [0.2, 0.25) is 0 Å². The molecule has 0 fully saturated rings. The topological polar surface area (TPSA) is 34.1 Å². The van der Waals surface area contributed by atoms with Crippen molar-refractivity contribution < 1.29 is 26.1 Å². The first-order valence-electron chi connectivity index (χ1n) is 4.13. The summed E-state index contributed by atoms with van der Waals surface area (Å²) in [5, 5.41) is 0. The molecule has 0 saturated heterocycles. The first-order chi connectivity index (χ1) is 6.02. The summed E-state index contributed by atoms with van der Waals surface area (Å²) in [6.45, 7) is 2.19. The van der Waals surface area contributed by atoms with Crippen molar-refractivity contribution in [2.75, 3.05) is 26.5 Å². The Kier molecular flexibility index (Phi) is 3.97. The average Bonchev–Trinajstić information content (AvgIpc) is 1.80. The van der Waals surface area contributed by atoms with Crippen LogP contribution in [0.1, 0.15) is 13.3 Å². The zero-order valence-corrected chi connectivity index (χ0v) is 9.24. The van der Waals surface area contributed by atoms with E-state index in [1.807, 2.05) is 0 Å². The lowest BCUT2D eigenvalue weighted by Crippen LogP contribution is -2.47. The number of sulfone groups is 1. The average molecular weight is 234 g/mol. The van der Waals surface area contributed by atoms with Crippen molar-refractivity contribution in [2.24, 2.45) is 0 Å². The van der Waals surface area contributed by atoms with E-state index >= 15 is 0 Å². The van der Waals surface area contributed by atoms with Gasteiger partial charge in [-0.3, -0.25) is 0 Å². The van der Waals surface area contributed by atoms with Crippen molar-refractivity contribution in [1.29, 1.82) is 0 Å². The molecule has 0 aliphatic carbocycles. The van der Waals surface area contributed by atoms with Gasteiger partial charge in [0, 0.05) is 0 Å². The Hall–Kier alpha value is -0.300. The van der Waals surface area contributed by atoms with Crippen LogP contribution in [0.5, 0.6) is 0 Å². The van der Waals surface area contributed by atoms with Crippen molar-refractivity contribution >= 4 is 9.84 Å². The fourth-order valence-electron chi connectivity index (χ4n) is 1.20. The van der Waals surface area contributed by atoms with Crippen LogP contribution in [0.15, 0.2) is 0 Å². The fraction of sp³-hybridized carbons (Fsp3) is 1.00. The second kappa shape index (κ2) is 4.06. The van der Waals surface area contributed by atoms with Gasteiger partial charge in [0.15, 0.2) is 5.88 Å². The number of quaternary nitrogens is 1. The van der Waals surface area contributed by atoms with Gasteiger partial charge >= 0.3 is 5.51 Å². The van der Waals surface area contributed by atoms with Gasteiger partial charge in [0.1, 0.15) is 0 Å². The highest BCUT2D eigenvalue weighted by Crippen LogP contribution is 2.25. The summed E-state index contributed by atoms with van der Waals surface area (Å²) in [7, 11) is -2.08. The Bertz CT molecular complexity index is 282. The Balaban J connectivity index is 4.69. The Morgan fingerprint density at radius 1 is 1.21 bits per heavy atom. The summed E-state index contributed by atoms with van der Waals surface area (Å²) < 4.78 is 57.5. The summed E-state index contributed by atoms with van der Waals surface area (Å²) >= 11 is 0. The molecule has 14 heavy (non-hydrogen) atoms. The smallest absolute Gasteiger partial charge is 0.316 e. The number of hydrogen-bond acceptors (Lipinski definition) is 2. The molecule has 0 aromatic carbocycles. The monoisotopic (exact) mass is 234 g/mol. The highest BCUT2D eigenvalue weighted by molar-refractivity contribution is 7.92. The van der Waals surface area contributed by atoms with Crippen molar-refractivity contribution in [3.05, 3.63) is 0 Å². The van der Waals surface area contributed by atoms with Crippen LogP contribution in [-0.2, 0) is 9.84 Å². The number of rotatable bonds is 4. The van der Waals surface area contributed by atoms with Gasteiger partial charge < -0.3 is 4.48 Å². The van der Waals surface area contributed by atoms with Crippen LogP contribution in [0.2, 0.25) is 0 Å².